The molecule has 0 aromatic heterocycles. The van der Waals surface area contributed by atoms with Crippen molar-refractivity contribution in [3.63, 3.8) is 0 Å². The first-order chi connectivity index (χ1) is 12.6. The van der Waals surface area contributed by atoms with Gasteiger partial charge in [-0.05, 0) is 28.7 Å². The van der Waals surface area contributed by atoms with Gasteiger partial charge in [-0.25, -0.2) is 0 Å². The lowest BCUT2D eigenvalue weighted by Crippen LogP contribution is -2.47. The highest BCUT2D eigenvalue weighted by Crippen LogP contribution is 2.28. The largest absolute Gasteiger partial charge is 0.382 e. The zero-order valence-corrected chi connectivity index (χ0v) is 15.6. The smallest absolute Gasteiger partial charge is 0.253 e. The van der Waals surface area contributed by atoms with E-state index >= 15 is 0 Å². The Morgan fingerprint density at radius 3 is 2.62 bits per heavy atom. The van der Waals surface area contributed by atoms with Crippen molar-refractivity contribution in [3.8, 4) is 0 Å². The number of nitrogens with two attached hydrogens (primary N) is 1. The lowest BCUT2D eigenvalue weighted by Gasteiger charge is -2.29. The molecule has 4 heteroatoms. The molecule has 1 aliphatic carbocycles. The van der Waals surface area contributed by atoms with Crippen molar-refractivity contribution in [1.82, 2.24) is 4.90 Å². The van der Waals surface area contributed by atoms with Gasteiger partial charge in [0.25, 0.3) is 5.91 Å². The lowest BCUT2D eigenvalue weighted by molar-refractivity contribution is -0.140. The molecule has 2 atom stereocenters. The number of carbonyl (C=O) groups excluding carboxylic acids is 1. The number of amides is 1. The molecule has 0 heterocycles. The molecule has 26 heavy (non-hydrogen) atoms. The van der Waals surface area contributed by atoms with E-state index in [-0.39, 0.29) is 5.91 Å². The van der Waals surface area contributed by atoms with Gasteiger partial charge in [-0.15, -0.1) is 0 Å². The summed E-state index contributed by atoms with van der Waals surface area (Å²) in [5.41, 5.74) is 7.25. The molecule has 0 bridgehead atoms. The van der Waals surface area contributed by atoms with Gasteiger partial charge in [0.15, 0.2) is 0 Å². The van der Waals surface area contributed by atoms with Gasteiger partial charge in [-0.1, -0.05) is 74.6 Å². The van der Waals surface area contributed by atoms with E-state index in [1.165, 1.54) is 32.1 Å². The van der Waals surface area contributed by atoms with Crippen LogP contribution in [0.25, 0.3) is 10.8 Å². The molecule has 3 rings (SSSR count). The van der Waals surface area contributed by atoms with E-state index in [1.807, 2.05) is 24.3 Å². The summed E-state index contributed by atoms with van der Waals surface area (Å²) in [6.45, 7) is 0.466. The molecule has 0 radical (unpaired) electrons. The van der Waals surface area contributed by atoms with Gasteiger partial charge in [0.2, 0.25) is 0 Å². The Balaban J connectivity index is 1.62. The Kier molecular flexibility index (Phi) is 6.28. The van der Waals surface area contributed by atoms with E-state index in [0.717, 1.165) is 22.8 Å². The second-order valence-electron chi connectivity index (χ2n) is 7.68. The third kappa shape index (κ3) is 4.43. The molecule has 1 aliphatic rings. The van der Waals surface area contributed by atoms with Crippen LogP contribution in [0.1, 0.15) is 44.1 Å². The summed E-state index contributed by atoms with van der Waals surface area (Å²) < 4.78 is 0. The number of likely N-dealkylation sites (N-methyl/N-ethyl adjacent to an activating group) is 1. The van der Waals surface area contributed by atoms with Gasteiger partial charge in [0.05, 0.1) is 0 Å². The zero-order chi connectivity index (χ0) is 18.5. The molecule has 140 valence electrons. The number of rotatable bonds is 6. The summed E-state index contributed by atoms with van der Waals surface area (Å²) in [5, 5.41) is 12.8. The molecule has 0 aliphatic heterocycles. The van der Waals surface area contributed by atoms with E-state index in [2.05, 4.69) is 18.2 Å². The number of nitrogens with zero attached hydrogens (tertiary/aromatic N) is 1. The second kappa shape index (κ2) is 8.65. The molecule has 0 saturated heterocycles. The van der Waals surface area contributed by atoms with E-state index in [4.69, 9.17) is 5.73 Å². The van der Waals surface area contributed by atoms with E-state index < -0.39 is 12.1 Å². The van der Waals surface area contributed by atoms with Gasteiger partial charge in [0.1, 0.15) is 6.10 Å². The van der Waals surface area contributed by atoms with Gasteiger partial charge in [0, 0.05) is 19.6 Å². The molecule has 1 fully saturated rings. The highest BCUT2D eigenvalue weighted by Gasteiger charge is 2.28. The fraction of sp³-hybridized carbons (Fsp3) is 0.500. The Morgan fingerprint density at radius 1 is 1.15 bits per heavy atom. The van der Waals surface area contributed by atoms with Crippen molar-refractivity contribution in [2.45, 2.75) is 57.2 Å². The van der Waals surface area contributed by atoms with Crippen LogP contribution in [0, 0.1) is 5.92 Å². The molecular weight excluding hydrogens is 324 g/mol. The Bertz CT molecular complexity index is 735. The molecule has 2 aromatic carbocycles. The fourth-order valence-corrected chi connectivity index (χ4v) is 4.11. The van der Waals surface area contributed by atoms with Crippen molar-refractivity contribution < 1.29 is 9.90 Å². The standard InChI is InChI=1S/C22H30N2O2/c1-24(15-18-12-7-11-17-10-5-6-13-19(17)18)22(26)21(25)20(23)14-16-8-3-2-4-9-16/h5-7,10-13,16,20-21,25H,2-4,8-9,14-15,23H2,1H3/t20-,21?/m1/s1. The molecule has 0 spiro atoms. The lowest BCUT2D eigenvalue weighted by atomic mass is 9.84. The van der Waals surface area contributed by atoms with Gasteiger partial charge in [-0.2, -0.15) is 0 Å². The van der Waals surface area contributed by atoms with E-state index in [1.54, 1.807) is 11.9 Å². The van der Waals surface area contributed by atoms with Crippen molar-refractivity contribution in [3.05, 3.63) is 48.0 Å². The summed E-state index contributed by atoms with van der Waals surface area (Å²) in [6.07, 6.45) is 5.71. The fourth-order valence-electron chi connectivity index (χ4n) is 4.11. The molecule has 3 N–H and O–H groups in total. The van der Waals surface area contributed by atoms with E-state index in [9.17, 15) is 9.90 Å². The molecule has 1 unspecified atom stereocenters. The van der Waals surface area contributed by atoms with Crippen LogP contribution in [-0.4, -0.2) is 35.1 Å². The maximum atomic E-state index is 12.7. The topological polar surface area (TPSA) is 66.6 Å². The number of hydrogen-bond donors (Lipinski definition) is 2. The van der Waals surface area contributed by atoms with Crippen LogP contribution >= 0.6 is 0 Å². The third-order valence-corrected chi connectivity index (χ3v) is 5.65. The number of aliphatic hydroxyl groups is 1. The van der Waals surface area contributed by atoms with Gasteiger partial charge < -0.3 is 15.7 Å². The predicted molar refractivity (Wildman–Crippen MR) is 106 cm³/mol. The van der Waals surface area contributed by atoms with Crippen LogP contribution in [0.4, 0.5) is 0 Å². The van der Waals surface area contributed by atoms with Crippen LogP contribution in [0.3, 0.4) is 0 Å². The molecule has 4 nitrogen and oxygen atoms in total. The van der Waals surface area contributed by atoms with Crippen LogP contribution in [0.5, 0.6) is 0 Å². The quantitative estimate of drug-likeness (QED) is 0.835. The van der Waals surface area contributed by atoms with Crippen molar-refractivity contribution in [1.29, 1.82) is 0 Å². The van der Waals surface area contributed by atoms with Crippen LogP contribution in [0.15, 0.2) is 42.5 Å². The zero-order valence-electron chi connectivity index (χ0n) is 15.6. The highest BCUT2D eigenvalue weighted by molar-refractivity contribution is 5.86. The molecule has 1 saturated carbocycles. The minimum Gasteiger partial charge on any atom is -0.382 e. The summed E-state index contributed by atoms with van der Waals surface area (Å²) in [7, 11) is 1.74. The van der Waals surface area contributed by atoms with E-state index in [0.29, 0.717) is 12.5 Å². The Hall–Kier alpha value is -1.91. The number of hydrogen-bond acceptors (Lipinski definition) is 3. The first-order valence-electron chi connectivity index (χ1n) is 9.71. The SMILES string of the molecule is CN(Cc1cccc2ccccc12)C(=O)C(O)[C@H](N)CC1CCCCC1. The minimum atomic E-state index is -1.13. The number of fused-ring (bicyclic) bond motifs is 1. The normalized spacial score (nSPS) is 17.8. The molecule has 2 aromatic rings. The third-order valence-electron chi connectivity index (χ3n) is 5.65. The highest BCUT2D eigenvalue weighted by atomic mass is 16.3. The van der Waals surface area contributed by atoms with Crippen LogP contribution in [-0.2, 0) is 11.3 Å². The second-order valence-corrected chi connectivity index (χ2v) is 7.68. The monoisotopic (exact) mass is 354 g/mol. The van der Waals surface area contributed by atoms with Crippen molar-refractivity contribution in [2.24, 2.45) is 11.7 Å². The summed E-state index contributed by atoms with van der Waals surface area (Å²) in [6, 6.07) is 13.7. The maximum absolute atomic E-state index is 12.7. The summed E-state index contributed by atoms with van der Waals surface area (Å²) in [5.74, 6) is 0.255. The Morgan fingerprint density at radius 2 is 1.85 bits per heavy atom. The minimum absolute atomic E-state index is 0.291. The van der Waals surface area contributed by atoms with Crippen LogP contribution < -0.4 is 5.73 Å². The predicted octanol–water partition coefficient (Wildman–Crippen LogP) is 3.46. The van der Waals surface area contributed by atoms with Gasteiger partial charge >= 0.3 is 0 Å². The number of benzene rings is 2. The first-order valence-corrected chi connectivity index (χ1v) is 9.71. The molecular formula is C22H30N2O2. The van der Waals surface area contributed by atoms with Crippen LogP contribution in [0.2, 0.25) is 0 Å². The molecule has 1 amide bonds. The first kappa shape index (κ1) is 18.9. The average Bonchev–Trinajstić information content (AvgIpc) is 2.67. The van der Waals surface area contributed by atoms with Gasteiger partial charge in [-0.3, -0.25) is 4.79 Å². The summed E-state index contributed by atoms with van der Waals surface area (Å²) in [4.78, 5) is 14.3. The number of carbonyl (C=O) groups is 1. The Labute approximate surface area is 156 Å². The van der Waals surface area contributed by atoms with Crippen molar-refractivity contribution in [2.75, 3.05) is 7.05 Å². The number of aliphatic hydroxyl groups excluding tert-OH is 1. The maximum Gasteiger partial charge on any atom is 0.253 e. The van der Waals surface area contributed by atoms with Crippen molar-refractivity contribution >= 4 is 16.7 Å². The average molecular weight is 354 g/mol. The summed E-state index contributed by atoms with van der Waals surface area (Å²) >= 11 is 0.